The van der Waals surface area contributed by atoms with Crippen molar-refractivity contribution in [2.75, 3.05) is 4.90 Å². The molecule has 2 aromatic heterocycles. The molecule has 81 heavy (non-hydrogen) atoms. The summed E-state index contributed by atoms with van der Waals surface area (Å²) in [5.41, 5.74) is 31.6. The molecule has 3 heteroatoms. The zero-order valence-corrected chi connectivity index (χ0v) is 47.0. The van der Waals surface area contributed by atoms with Gasteiger partial charge in [-0.25, -0.2) is 0 Å². The molecule has 4 aliphatic carbocycles. The van der Waals surface area contributed by atoms with Crippen LogP contribution in [-0.2, 0) is 21.7 Å². The van der Waals surface area contributed by atoms with E-state index in [1.165, 1.54) is 116 Å². The van der Waals surface area contributed by atoms with Gasteiger partial charge in [-0.3, -0.25) is 0 Å². The molecular formula is C78H59NO2. The highest BCUT2D eigenvalue weighted by molar-refractivity contribution is 6.22. The molecule has 4 aliphatic rings. The molecule has 11 aromatic carbocycles. The summed E-state index contributed by atoms with van der Waals surface area (Å²) in [6.45, 7) is 19.6. The van der Waals surface area contributed by atoms with Gasteiger partial charge in [-0.1, -0.05) is 219 Å². The highest BCUT2D eigenvalue weighted by atomic mass is 16.3. The number of nitrogens with zero attached hydrogens (tertiary/aromatic N) is 1. The Morgan fingerprint density at radius 3 is 1.21 bits per heavy atom. The highest BCUT2D eigenvalue weighted by Crippen LogP contribution is 2.66. The van der Waals surface area contributed by atoms with Gasteiger partial charge in [0, 0.05) is 71.3 Å². The van der Waals surface area contributed by atoms with Crippen molar-refractivity contribution in [2.24, 2.45) is 0 Å². The Morgan fingerprint density at radius 1 is 0.296 bits per heavy atom. The Kier molecular flexibility index (Phi) is 9.11. The first-order valence-electron chi connectivity index (χ1n) is 28.8. The van der Waals surface area contributed by atoms with E-state index in [1.54, 1.807) is 0 Å². The van der Waals surface area contributed by atoms with Crippen molar-refractivity contribution < 1.29 is 8.83 Å². The van der Waals surface area contributed by atoms with Crippen LogP contribution < -0.4 is 4.90 Å². The first-order valence-corrected chi connectivity index (χ1v) is 28.8. The molecule has 0 amide bonds. The Hall–Kier alpha value is -9.18. The molecule has 0 saturated heterocycles. The summed E-state index contributed by atoms with van der Waals surface area (Å²) in [5.74, 6) is 0. The molecule has 0 N–H and O–H groups in total. The van der Waals surface area contributed by atoms with Gasteiger partial charge in [0.05, 0.1) is 5.69 Å². The van der Waals surface area contributed by atoms with Gasteiger partial charge in [0.15, 0.2) is 0 Å². The molecular weight excluding hydrogens is 983 g/mol. The Bertz CT molecular complexity index is 4920. The minimum atomic E-state index is -0.395. The van der Waals surface area contributed by atoms with Crippen molar-refractivity contribution in [2.45, 2.75) is 77.0 Å². The van der Waals surface area contributed by atoms with Gasteiger partial charge in [0.1, 0.15) is 22.3 Å². The van der Waals surface area contributed by atoms with Crippen LogP contribution >= 0.6 is 0 Å². The van der Waals surface area contributed by atoms with Gasteiger partial charge in [0.2, 0.25) is 0 Å². The van der Waals surface area contributed by atoms with Crippen molar-refractivity contribution in [1.29, 1.82) is 0 Å². The molecule has 13 aromatic rings. The van der Waals surface area contributed by atoms with Gasteiger partial charge in [-0.2, -0.15) is 0 Å². The van der Waals surface area contributed by atoms with Gasteiger partial charge in [-0.05, 0) is 143 Å². The lowest BCUT2D eigenvalue weighted by Crippen LogP contribution is -2.24. The average Bonchev–Trinajstić information content (AvgIpc) is 3.76. The van der Waals surface area contributed by atoms with Crippen LogP contribution in [0.2, 0.25) is 0 Å². The minimum absolute atomic E-state index is 0.247. The van der Waals surface area contributed by atoms with Crippen LogP contribution in [0.4, 0.5) is 17.1 Å². The normalized spacial score (nSPS) is 15.8. The average molecular weight is 1040 g/mol. The Morgan fingerprint density at radius 2 is 0.691 bits per heavy atom. The molecule has 0 radical (unpaired) electrons. The third kappa shape index (κ3) is 5.93. The summed E-state index contributed by atoms with van der Waals surface area (Å²) in [6, 6.07) is 78.9. The van der Waals surface area contributed by atoms with E-state index in [0.717, 1.165) is 55.9 Å². The largest absolute Gasteiger partial charge is 0.455 e. The number of fused-ring (bicyclic) bond motifs is 24. The lowest BCUT2D eigenvalue weighted by atomic mass is 9.72. The van der Waals surface area contributed by atoms with Gasteiger partial charge in [0.25, 0.3) is 0 Å². The van der Waals surface area contributed by atoms with E-state index in [1.807, 2.05) is 0 Å². The SMILES string of the molecule is CC1(C)c2cc(N(c3ccc4c(c3)C(C)(C)c3c5c(c6oc7ccccc7c6c3-4)-c3ccccc3C5(C)C)c3ccc(-c4ccccc4)cc3-c3ccccc3)ccc2-c2c1c1c(c3c2oc2ccccc23)-c2ccccc2C1(C)C. The van der Waals surface area contributed by atoms with E-state index in [-0.39, 0.29) is 16.2 Å². The predicted molar refractivity (Wildman–Crippen MR) is 337 cm³/mol. The smallest absolute Gasteiger partial charge is 0.144 e. The monoisotopic (exact) mass is 1040 g/mol. The minimum Gasteiger partial charge on any atom is -0.455 e. The number of hydrogen-bond donors (Lipinski definition) is 0. The fraction of sp³-hybridized carbons (Fsp3) is 0.154. The van der Waals surface area contributed by atoms with Crippen LogP contribution in [0.15, 0.2) is 221 Å². The Labute approximate surface area is 472 Å². The van der Waals surface area contributed by atoms with Gasteiger partial charge >= 0.3 is 0 Å². The molecule has 0 aliphatic heterocycles. The van der Waals surface area contributed by atoms with Crippen molar-refractivity contribution in [3.63, 3.8) is 0 Å². The van der Waals surface area contributed by atoms with E-state index in [4.69, 9.17) is 8.83 Å². The summed E-state index contributed by atoms with van der Waals surface area (Å²) in [5, 5.41) is 4.76. The summed E-state index contributed by atoms with van der Waals surface area (Å²) in [7, 11) is 0. The molecule has 3 nitrogen and oxygen atoms in total. The first-order chi connectivity index (χ1) is 39.2. The second kappa shape index (κ2) is 15.8. The summed E-state index contributed by atoms with van der Waals surface area (Å²) < 4.78 is 14.2. The number of anilines is 3. The molecule has 0 saturated carbocycles. The molecule has 17 rings (SSSR count). The van der Waals surface area contributed by atoms with Crippen LogP contribution in [-0.4, -0.2) is 0 Å². The molecule has 0 atom stereocenters. The van der Waals surface area contributed by atoms with Crippen LogP contribution in [0.1, 0.15) is 99.9 Å². The maximum atomic E-state index is 7.16. The summed E-state index contributed by atoms with van der Waals surface area (Å²) >= 11 is 0. The number of furan rings is 2. The van der Waals surface area contributed by atoms with E-state index < -0.39 is 5.41 Å². The third-order valence-corrected chi connectivity index (χ3v) is 19.7. The molecule has 0 unspecified atom stereocenters. The zero-order chi connectivity index (χ0) is 54.6. The molecule has 0 spiro atoms. The van der Waals surface area contributed by atoms with Gasteiger partial charge in [-0.15, -0.1) is 0 Å². The topological polar surface area (TPSA) is 29.5 Å². The van der Waals surface area contributed by atoms with Crippen molar-refractivity contribution in [3.8, 4) is 66.8 Å². The van der Waals surface area contributed by atoms with Crippen molar-refractivity contribution in [3.05, 3.63) is 257 Å². The van der Waals surface area contributed by atoms with Crippen LogP contribution in [0.5, 0.6) is 0 Å². The molecule has 2 heterocycles. The predicted octanol–water partition coefficient (Wildman–Crippen LogP) is 21.5. The number of hydrogen-bond acceptors (Lipinski definition) is 3. The fourth-order valence-corrected chi connectivity index (χ4v) is 16.1. The van der Waals surface area contributed by atoms with E-state index in [0.29, 0.717) is 0 Å². The second-order valence-electron chi connectivity index (χ2n) is 25.5. The van der Waals surface area contributed by atoms with Crippen LogP contribution in [0, 0.1) is 0 Å². The lowest BCUT2D eigenvalue weighted by Gasteiger charge is -2.33. The van der Waals surface area contributed by atoms with Crippen LogP contribution in [0.3, 0.4) is 0 Å². The lowest BCUT2D eigenvalue weighted by molar-refractivity contribution is 0.600. The zero-order valence-electron chi connectivity index (χ0n) is 47.0. The molecule has 0 bridgehead atoms. The molecule has 0 fully saturated rings. The number of para-hydroxylation sites is 2. The maximum absolute atomic E-state index is 7.16. The van der Waals surface area contributed by atoms with E-state index in [9.17, 15) is 0 Å². The summed E-state index contributed by atoms with van der Waals surface area (Å²) in [6.07, 6.45) is 0. The first kappa shape index (κ1) is 46.7. The standard InChI is InChI=1S/C78H59NO2/c1-75(2)56-31-19-15-27-49(56)63-65-53-29-17-21-33-61(53)81-74(65)68-52-39-37-48(43-59(52)78(7,8)72(68)69(63)75)79(60-40-35-46(44-23-11-9-12-24-44)41-55(60)45-25-13-10-14-26-45)47-36-38-51-58(42-47)77(5,6)70-64(51)66-54-30-18-22-34-62(54)80-73(66)67-50-28-16-20-32-57(50)76(3,4)71(67)70/h9-43H,1-8H3. The quantitative estimate of drug-likeness (QED) is 0.172. The maximum Gasteiger partial charge on any atom is 0.144 e. The number of benzene rings is 11. The molecule has 388 valence electrons. The third-order valence-electron chi connectivity index (χ3n) is 19.7. The van der Waals surface area contributed by atoms with E-state index in [2.05, 4.69) is 273 Å². The Balaban J connectivity index is 0.933. The second-order valence-corrected chi connectivity index (χ2v) is 25.5. The highest BCUT2D eigenvalue weighted by Gasteiger charge is 2.51. The summed E-state index contributed by atoms with van der Waals surface area (Å²) in [4.78, 5) is 2.56. The van der Waals surface area contributed by atoms with Crippen molar-refractivity contribution in [1.82, 2.24) is 0 Å². The van der Waals surface area contributed by atoms with Crippen LogP contribution in [0.25, 0.3) is 111 Å². The fourth-order valence-electron chi connectivity index (χ4n) is 16.1. The number of rotatable bonds is 5. The van der Waals surface area contributed by atoms with Gasteiger partial charge < -0.3 is 13.7 Å². The van der Waals surface area contributed by atoms with E-state index >= 15 is 0 Å². The van der Waals surface area contributed by atoms with Crippen molar-refractivity contribution >= 4 is 60.9 Å².